The number of aliphatic hydroxyl groups excluding tert-OH is 2. The third kappa shape index (κ3) is 2.26. The molecule has 3 fully saturated rings. The number of ether oxygens (including phenoxy) is 1. The second-order valence-corrected chi connectivity index (χ2v) is 9.77. The smallest absolute Gasteiger partial charge is 0.109 e. The van der Waals surface area contributed by atoms with Crippen molar-refractivity contribution < 1.29 is 20.1 Å². The van der Waals surface area contributed by atoms with Crippen molar-refractivity contribution in [2.24, 2.45) is 22.7 Å². The van der Waals surface area contributed by atoms with E-state index in [0.717, 1.165) is 19.3 Å². The van der Waals surface area contributed by atoms with Crippen LogP contribution in [0.4, 0.5) is 0 Å². The van der Waals surface area contributed by atoms with Crippen LogP contribution in [0.15, 0.2) is 12.7 Å². The van der Waals surface area contributed by atoms with Crippen LogP contribution in [0.3, 0.4) is 0 Å². The minimum absolute atomic E-state index is 0.0201. The van der Waals surface area contributed by atoms with Crippen molar-refractivity contribution in [3.05, 3.63) is 12.7 Å². The first kappa shape index (κ1) is 18.4. The van der Waals surface area contributed by atoms with Gasteiger partial charge in [-0.2, -0.15) is 0 Å². The van der Waals surface area contributed by atoms with E-state index in [1.807, 2.05) is 6.92 Å². The van der Waals surface area contributed by atoms with Gasteiger partial charge in [0.15, 0.2) is 0 Å². The zero-order valence-corrected chi connectivity index (χ0v) is 15.7. The Morgan fingerprint density at radius 2 is 1.79 bits per heavy atom. The van der Waals surface area contributed by atoms with E-state index in [1.165, 1.54) is 6.08 Å². The third-order valence-corrected chi connectivity index (χ3v) is 7.74. The van der Waals surface area contributed by atoms with Crippen LogP contribution in [0.5, 0.6) is 0 Å². The fourth-order valence-electron chi connectivity index (χ4n) is 6.47. The molecule has 138 valence electrons. The van der Waals surface area contributed by atoms with Gasteiger partial charge in [-0.3, -0.25) is 0 Å². The fourth-order valence-corrected chi connectivity index (χ4v) is 6.47. The summed E-state index contributed by atoms with van der Waals surface area (Å²) < 4.78 is 6.24. The maximum Gasteiger partial charge on any atom is 0.109 e. The summed E-state index contributed by atoms with van der Waals surface area (Å²) in [6.07, 6.45) is 3.26. The predicted molar refractivity (Wildman–Crippen MR) is 93.4 cm³/mol. The Morgan fingerprint density at radius 3 is 2.38 bits per heavy atom. The molecule has 4 nitrogen and oxygen atoms in total. The number of rotatable bonds is 2. The Labute approximate surface area is 145 Å². The first-order valence-electron chi connectivity index (χ1n) is 9.30. The summed E-state index contributed by atoms with van der Waals surface area (Å²) in [7, 11) is 0. The Kier molecular flexibility index (Phi) is 4.05. The summed E-state index contributed by atoms with van der Waals surface area (Å²) >= 11 is 0. The van der Waals surface area contributed by atoms with E-state index in [2.05, 4.69) is 27.4 Å². The van der Waals surface area contributed by atoms with E-state index in [9.17, 15) is 15.3 Å². The summed E-state index contributed by atoms with van der Waals surface area (Å²) in [6, 6.07) is 0. The molecule has 0 aromatic heterocycles. The lowest BCUT2D eigenvalue weighted by atomic mass is 9.44. The topological polar surface area (TPSA) is 69.9 Å². The van der Waals surface area contributed by atoms with Crippen LogP contribution in [-0.4, -0.2) is 44.8 Å². The van der Waals surface area contributed by atoms with Gasteiger partial charge in [0.2, 0.25) is 0 Å². The average Bonchev–Trinajstić information content (AvgIpc) is 2.85. The second kappa shape index (κ2) is 5.29. The molecule has 1 saturated heterocycles. The highest BCUT2D eigenvalue weighted by Crippen LogP contribution is 2.66. The standard InChI is InChI=1S/C20H34O4/c1-7-19(5,23)13-11-12-18(4)10-8-9-17(2,3)15(18)14(21)16(22)20(12,6)24-13/h7,12-16,21-23H,1,8-11H2,2-6H3/t12-,13+,14+,15+,16+,18+,19+,20+/m1/s1. The predicted octanol–water partition coefficient (Wildman–Crippen LogP) is 2.66. The molecular formula is C20H34O4. The largest absolute Gasteiger partial charge is 0.390 e. The molecule has 2 saturated carbocycles. The lowest BCUT2D eigenvalue weighted by Gasteiger charge is -2.63. The highest BCUT2D eigenvalue weighted by atomic mass is 16.5. The van der Waals surface area contributed by atoms with Gasteiger partial charge in [0.05, 0.1) is 17.8 Å². The van der Waals surface area contributed by atoms with Gasteiger partial charge in [-0.1, -0.05) is 33.3 Å². The van der Waals surface area contributed by atoms with Crippen LogP contribution in [0.25, 0.3) is 0 Å². The molecular weight excluding hydrogens is 304 g/mol. The summed E-state index contributed by atoms with van der Waals surface area (Å²) in [4.78, 5) is 0. The number of hydrogen-bond donors (Lipinski definition) is 3. The number of aliphatic hydroxyl groups is 3. The van der Waals surface area contributed by atoms with E-state index >= 15 is 0 Å². The Bertz CT molecular complexity index is 528. The van der Waals surface area contributed by atoms with Gasteiger partial charge in [-0.25, -0.2) is 0 Å². The van der Waals surface area contributed by atoms with Crippen molar-refractivity contribution in [2.75, 3.05) is 0 Å². The van der Waals surface area contributed by atoms with Gasteiger partial charge >= 0.3 is 0 Å². The SMILES string of the molecule is C=C[C@](C)(O)[C@@H]1C[C@@H]2[C@]3(C)CCCC(C)(C)[C@@H]3[C@H](O)[C@H](O)[C@@]2(C)O1. The Balaban J connectivity index is 2.06. The van der Waals surface area contributed by atoms with Crippen LogP contribution >= 0.6 is 0 Å². The molecule has 0 aromatic rings. The van der Waals surface area contributed by atoms with Crippen LogP contribution in [0.1, 0.15) is 60.3 Å². The van der Waals surface area contributed by atoms with E-state index in [0.29, 0.717) is 6.42 Å². The summed E-state index contributed by atoms with van der Waals surface area (Å²) in [5.74, 6) is 0.132. The van der Waals surface area contributed by atoms with Crippen molar-refractivity contribution in [1.82, 2.24) is 0 Å². The van der Waals surface area contributed by atoms with Crippen LogP contribution < -0.4 is 0 Å². The number of fused-ring (bicyclic) bond motifs is 3. The fraction of sp³-hybridized carbons (Fsp3) is 0.900. The zero-order valence-electron chi connectivity index (χ0n) is 15.7. The molecule has 0 radical (unpaired) electrons. The van der Waals surface area contributed by atoms with Crippen LogP contribution in [0, 0.1) is 22.7 Å². The van der Waals surface area contributed by atoms with Gasteiger partial charge < -0.3 is 20.1 Å². The van der Waals surface area contributed by atoms with E-state index in [-0.39, 0.29) is 22.7 Å². The quantitative estimate of drug-likeness (QED) is 0.677. The molecule has 0 amide bonds. The van der Waals surface area contributed by atoms with E-state index < -0.39 is 29.5 Å². The minimum atomic E-state index is -1.14. The summed E-state index contributed by atoms with van der Waals surface area (Å²) in [5, 5.41) is 32.6. The average molecular weight is 338 g/mol. The molecule has 0 bridgehead atoms. The first-order valence-corrected chi connectivity index (χ1v) is 9.30. The van der Waals surface area contributed by atoms with Gasteiger partial charge in [0.25, 0.3) is 0 Å². The molecule has 24 heavy (non-hydrogen) atoms. The third-order valence-electron chi connectivity index (χ3n) is 7.74. The molecule has 3 rings (SSSR count). The van der Waals surface area contributed by atoms with Crippen molar-refractivity contribution in [3.63, 3.8) is 0 Å². The van der Waals surface area contributed by atoms with Gasteiger partial charge in [0.1, 0.15) is 11.7 Å². The lowest BCUT2D eigenvalue weighted by Crippen LogP contribution is -2.68. The summed E-state index contributed by atoms with van der Waals surface area (Å²) in [5.41, 5.74) is -2.11. The molecule has 0 unspecified atom stereocenters. The molecule has 3 N–H and O–H groups in total. The van der Waals surface area contributed by atoms with E-state index in [1.54, 1.807) is 6.92 Å². The van der Waals surface area contributed by atoms with Crippen molar-refractivity contribution in [3.8, 4) is 0 Å². The molecule has 1 aliphatic heterocycles. The lowest BCUT2D eigenvalue weighted by molar-refractivity contribution is -0.262. The van der Waals surface area contributed by atoms with Crippen LogP contribution in [0.2, 0.25) is 0 Å². The highest BCUT2D eigenvalue weighted by molar-refractivity contribution is 5.19. The first-order chi connectivity index (χ1) is 10.9. The molecule has 0 aromatic carbocycles. The Morgan fingerprint density at radius 1 is 1.17 bits per heavy atom. The van der Waals surface area contributed by atoms with Gasteiger partial charge in [-0.05, 0) is 55.8 Å². The van der Waals surface area contributed by atoms with Crippen molar-refractivity contribution in [2.45, 2.75) is 89.8 Å². The highest BCUT2D eigenvalue weighted by Gasteiger charge is 2.69. The second-order valence-electron chi connectivity index (χ2n) is 9.77. The summed E-state index contributed by atoms with van der Waals surface area (Å²) in [6.45, 7) is 14.0. The maximum atomic E-state index is 11.0. The Hall–Kier alpha value is -0.420. The molecule has 3 aliphatic rings. The molecule has 4 heteroatoms. The van der Waals surface area contributed by atoms with Gasteiger partial charge in [0, 0.05) is 0 Å². The molecule has 2 aliphatic carbocycles. The van der Waals surface area contributed by atoms with Gasteiger partial charge in [-0.15, -0.1) is 6.58 Å². The maximum absolute atomic E-state index is 11.0. The monoisotopic (exact) mass is 338 g/mol. The number of hydrogen-bond acceptors (Lipinski definition) is 4. The molecule has 0 spiro atoms. The van der Waals surface area contributed by atoms with Crippen molar-refractivity contribution >= 4 is 0 Å². The zero-order chi connectivity index (χ0) is 18.1. The molecule has 1 heterocycles. The van der Waals surface area contributed by atoms with Crippen LogP contribution in [-0.2, 0) is 4.74 Å². The van der Waals surface area contributed by atoms with Crippen molar-refractivity contribution in [1.29, 1.82) is 0 Å². The molecule has 8 atom stereocenters. The normalized spacial score (nSPS) is 52.9. The van der Waals surface area contributed by atoms with E-state index in [4.69, 9.17) is 4.74 Å². The minimum Gasteiger partial charge on any atom is -0.390 e.